The van der Waals surface area contributed by atoms with Gasteiger partial charge in [0.15, 0.2) is 0 Å². The van der Waals surface area contributed by atoms with Gasteiger partial charge in [0.1, 0.15) is 0 Å². The summed E-state index contributed by atoms with van der Waals surface area (Å²) >= 11 is 0. The van der Waals surface area contributed by atoms with Gasteiger partial charge in [0.05, 0.1) is 10.9 Å². The zero-order chi connectivity index (χ0) is 14.8. The molecule has 5 nitrogen and oxygen atoms in total. The fourth-order valence-corrected chi connectivity index (χ4v) is 2.25. The Hall–Kier alpha value is -2.82. The van der Waals surface area contributed by atoms with Gasteiger partial charge in [0.2, 0.25) is 5.95 Å². The van der Waals surface area contributed by atoms with E-state index in [0.717, 1.165) is 5.56 Å². The van der Waals surface area contributed by atoms with Gasteiger partial charge in [-0.1, -0.05) is 29.8 Å². The number of aromatic nitrogens is 2. The molecule has 1 heterocycles. The maximum atomic E-state index is 12.0. The van der Waals surface area contributed by atoms with Crippen molar-refractivity contribution in [3.63, 3.8) is 0 Å². The molecule has 0 saturated heterocycles. The molecule has 2 aromatic carbocycles. The van der Waals surface area contributed by atoms with Gasteiger partial charge in [0, 0.05) is 12.2 Å². The first-order valence-corrected chi connectivity index (χ1v) is 6.71. The van der Waals surface area contributed by atoms with Crippen molar-refractivity contribution in [2.75, 3.05) is 11.1 Å². The summed E-state index contributed by atoms with van der Waals surface area (Å²) in [5.74, 6) is 0.457. The van der Waals surface area contributed by atoms with Crippen LogP contribution in [0, 0.1) is 6.92 Å². The van der Waals surface area contributed by atoms with Crippen LogP contribution in [0.5, 0.6) is 0 Å². The van der Waals surface area contributed by atoms with E-state index in [2.05, 4.69) is 21.4 Å². The molecule has 0 unspecified atom stereocenters. The number of nitrogens with one attached hydrogen (secondary N) is 2. The standard InChI is InChI=1S/C16H16N4O/c1-10-3-2-4-11(7-10)9-18-16-19-14-6-5-12(17)8-13(14)15(21)20-16/h2-8H,9,17H2,1H3,(H2,18,19,20,21). The van der Waals surface area contributed by atoms with Crippen LogP contribution in [0.2, 0.25) is 0 Å². The summed E-state index contributed by atoms with van der Waals surface area (Å²) in [7, 11) is 0. The molecule has 5 heteroatoms. The Morgan fingerprint density at radius 1 is 1.24 bits per heavy atom. The maximum Gasteiger partial charge on any atom is 0.260 e. The summed E-state index contributed by atoms with van der Waals surface area (Å²) in [5.41, 5.74) is 9.00. The number of nitrogens with zero attached hydrogens (tertiary/aromatic N) is 1. The Balaban J connectivity index is 1.88. The number of hydrogen-bond acceptors (Lipinski definition) is 4. The zero-order valence-corrected chi connectivity index (χ0v) is 11.7. The molecule has 0 atom stereocenters. The third kappa shape index (κ3) is 2.86. The molecule has 1 aromatic heterocycles. The first kappa shape index (κ1) is 13.2. The monoisotopic (exact) mass is 280 g/mol. The van der Waals surface area contributed by atoms with Crippen molar-refractivity contribution < 1.29 is 0 Å². The average molecular weight is 280 g/mol. The van der Waals surface area contributed by atoms with Crippen LogP contribution in [0.15, 0.2) is 47.3 Å². The number of aromatic amines is 1. The van der Waals surface area contributed by atoms with E-state index in [1.165, 1.54) is 5.56 Å². The third-order valence-corrected chi connectivity index (χ3v) is 3.27. The number of anilines is 2. The zero-order valence-electron chi connectivity index (χ0n) is 11.7. The third-order valence-electron chi connectivity index (χ3n) is 3.27. The van der Waals surface area contributed by atoms with Crippen LogP contribution in [0.3, 0.4) is 0 Å². The molecule has 0 amide bonds. The van der Waals surface area contributed by atoms with Crippen molar-refractivity contribution in [2.45, 2.75) is 13.5 Å². The van der Waals surface area contributed by atoms with E-state index in [1.54, 1.807) is 18.2 Å². The van der Waals surface area contributed by atoms with Crippen LogP contribution in [-0.4, -0.2) is 9.97 Å². The van der Waals surface area contributed by atoms with Crippen LogP contribution >= 0.6 is 0 Å². The smallest absolute Gasteiger partial charge is 0.260 e. The van der Waals surface area contributed by atoms with Crippen molar-refractivity contribution in [1.82, 2.24) is 9.97 Å². The lowest BCUT2D eigenvalue weighted by atomic mass is 10.1. The van der Waals surface area contributed by atoms with Gasteiger partial charge in [0.25, 0.3) is 5.56 Å². The number of nitrogens with two attached hydrogens (primary N) is 1. The summed E-state index contributed by atoms with van der Waals surface area (Å²) in [5, 5.41) is 3.63. The fourth-order valence-electron chi connectivity index (χ4n) is 2.25. The minimum Gasteiger partial charge on any atom is -0.399 e. The van der Waals surface area contributed by atoms with Crippen LogP contribution in [0.1, 0.15) is 11.1 Å². The molecule has 0 spiro atoms. The molecular formula is C16H16N4O. The predicted octanol–water partition coefficient (Wildman–Crippen LogP) is 2.43. The number of fused-ring (bicyclic) bond motifs is 1. The molecule has 106 valence electrons. The topological polar surface area (TPSA) is 83.8 Å². The molecule has 21 heavy (non-hydrogen) atoms. The summed E-state index contributed by atoms with van der Waals surface area (Å²) < 4.78 is 0. The second-order valence-corrected chi connectivity index (χ2v) is 5.03. The lowest BCUT2D eigenvalue weighted by molar-refractivity contribution is 1.05. The van der Waals surface area contributed by atoms with Gasteiger partial charge in [-0.15, -0.1) is 0 Å². The Morgan fingerprint density at radius 2 is 2.10 bits per heavy atom. The minimum absolute atomic E-state index is 0.195. The number of nitrogen functional groups attached to an aromatic ring is 1. The van der Waals surface area contributed by atoms with Gasteiger partial charge in [-0.2, -0.15) is 0 Å². The highest BCUT2D eigenvalue weighted by atomic mass is 16.1. The first-order valence-electron chi connectivity index (χ1n) is 6.71. The molecular weight excluding hydrogens is 264 g/mol. The van der Waals surface area contributed by atoms with E-state index in [0.29, 0.717) is 29.1 Å². The molecule has 0 saturated carbocycles. The van der Waals surface area contributed by atoms with E-state index in [9.17, 15) is 4.79 Å². The van der Waals surface area contributed by atoms with E-state index in [-0.39, 0.29) is 5.56 Å². The number of aryl methyl sites for hydroxylation is 1. The average Bonchev–Trinajstić information content (AvgIpc) is 2.46. The molecule has 0 aliphatic carbocycles. The molecule has 4 N–H and O–H groups in total. The van der Waals surface area contributed by atoms with Gasteiger partial charge in [-0.25, -0.2) is 4.98 Å². The van der Waals surface area contributed by atoms with Crippen molar-refractivity contribution in [3.8, 4) is 0 Å². The van der Waals surface area contributed by atoms with Crippen molar-refractivity contribution >= 4 is 22.5 Å². The Kier molecular flexibility index (Phi) is 3.31. The van der Waals surface area contributed by atoms with E-state index in [4.69, 9.17) is 5.73 Å². The fraction of sp³-hybridized carbons (Fsp3) is 0.125. The summed E-state index contributed by atoms with van der Waals surface area (Å²) in [6, 6.07) is 13.3. The summed E-state index contributed by atoms with van der Waals surface area (Å²) in [6.45, 7) is 2.65. The van der Waals surface area contributed by atoms with Crippen molar-refractivity contribution in [1.29, 1.82) is 0 Å². The Bertz CT molecular complexity index is 854. The highest BCUT2D eigenvalue weighted by molar-refractivity contribution is 5.81. The highest BCUT2D eigenvalue weighted by Gasteiger charge is 2.04. The number of rotatable bonds is 3. The lowest BCUT2D eigenvalue weighted by Gasteiger charge is -2.07. The second-order valence-electron chi connectivity index (χ2n) is 5.03. The lowest BCUT2D eigenvalue weighted by Crippen LogP contribution is -2.13. The molecule has 3 rings (SSSR count). The second kappa shape index (κ2) is 5.28. The minimum atomic E-state index is -0.195. The van der Waals surface area contributed by atoms with Crippen LogP contribution < -0.4 is 16.6 Å². The van der Waals surface area contributed by atoms with Gasteiger partial charge in [-0.05, 0) is 30.7 Å². The van der Waals surface area contributed by atoms with Gasteiger partial charge >= 0.3 is 0 Å². The first-order chi connectivity index (χ1) is 10.1. The summed E-state index contributed by atoms with van der Waals surface area (Å²) in [6.07, 6.45) is 0. The molecule has 0 fully saturated rings. The highest BCUT2D eigenvalue weighted by Crippen LogP contribution is 2.13. The largest absolute Gasteiger partial charge is 0.399 e. The number of H-pyrrole nitrogens is 1. The normalized spacial score (nSPS) is 10.7. The molecule has 3 aromatic rings. The van der Waals surface area contributed by atoms with Gasteiger partial charge < -0.3 is 11.1 Å². The number of hydrogen-bond donors (Lipinski definition) is 3. The molecule has 0 radical (unpaired) electrons. The Labute approximate surface area is 121 Å². The maximum absolute atomic E-state index is 12.0. The summed E-state index contributed by atoms with van der Waals surface area (Å²) in [4.78, 5) is 19.1. The van der Waals surface area contributed by atoms with Crippen LogP contribution in [-0.2, 0) is 6.54 Å². The van der Waals surface area contributed by atoms with Crippen LogP contribution in [0.25, 0.3) is 10.9 Å². The van der Waals surface area contributed by atoms with Crippen molar-refractivity contribution in [2.24, 2.45) is 0 Å². The molecule has 0 aliphatic rings. The van der Waals surface area contributed by atoms with Crippen molar-refractivity contribution in [3.05, 3.63) is 63.9 Å². The van der Waals surface area contributed by atoms with E-state index >= 15 is 0 Å². The molecule has 0 bridgehead atoms. The van der Waals surface area contributed by atoms with E-state index in [1.807, 2.05) is 25.1 Å². The van der Waals surface area contributed by atoms with Gasteiger partial charge in [-0.3, -0.25) is 9.78 Å². The van der Waals surface area contributed by atoms with E-state index < -0.39 is 0 Å². The molecule has 0 aliphatic heterocycles. The quantitative estimate of drug-likeness (QED) is 0.643. The SMILES string of the molecule is Cc1cccc(CNc2nc3ccc(N)cc3c(=O)[nH]2)c1. The predicted molar refractivity (Wildman–Crippen MR) is 85.3 cm³/mol. The van der Waals surface area contributed by atoms with Crippen LogP contribution in [0.4, 0.5) is 11.6 Å². The Morgan fingerprint density at radius 3 is 2.90 bits per heavy atom. The number of benzene rings is 2.